The molecule has 10 heteroatoms. The fourth-order valence-corrected chi connectivity index (χ4v) is 6.15. The van der Waals surface area contributed by atoms with E-state index in [0.29, 0.717) is 26.7 Å². The number of carbonyl (C=O) groups excluding carboxylic acids is 1. The number of aryl methyl sites for hydroxylation is 1. The number of hydrogen-bond donors (Lipinski definition) is 2. The standard InChI is InChI=1S/C30H21Br2ClN2O4S/c1-18-6-10-21(11-7-18)40(37,38)35-27-13-8-19(31)16-24(27)30(36)34-20-9-14-29(26(33)17-20)39-28-15-12-25(32)22-4-2-3-5-23(22)28/h2-17,35H,1H3,(H,34,36). The van der Waals surface area contributed by atoms with Crippen molar-refractivity contribution in [2.24, 2.45) is 0 Å². The van der Waals surface area contributed by atoms with Gasteiger partial charge in [0.2, 0.25) is 0 Å². The topological polar surface area (TPSA) is 84.5 Å². The molecule has 6 nitrogen and oxygen atoms in total. The lowest BCUT2D eigenvalue weighted by Crippen LogP contribution is -2.18. The Bertz CT molecular complexity index is 1860. The lowest BCUT2D eigenvalue weighted by atomic mass is 10.1. The Balaban J connectivity index is 1.37. The van der Waals surface area contributed by atoms with Crippen LogP contribution in [0.3, 0.4) is 0 Å². The number of benzene rings is 5. The first kappa shape index (κ1) is 28.2. The Morgan fingerprint density at radius 1 is 0.825 bits per heavy atom. The van der Waals surface area contributed by atoms with E-state index in [4.69, 9.17) is 16.3 Å². The molecule has 5 rings (SSSR count). The molecule has 0 aliphatic rings. The highest BCUT2D eigenvalue weighted by molar-refractivity contribution is 9.11. The Kier molecular flexibility index (Phi) is 8.19. The van der Waals surface area contributed by atoms with Crippen LogP contribution in [0.5, 0.6) is 11.5 Å². The monoisotopic (exact) mass is 698 g/mol. The summed E-state index contributed by atoms with van der Waals surface area (Å²) in [7, 11) is -3.92. The number of hydrogen-bond acceptors (Lipinski definition) is 4. The number of nitrogens with one attached hydrogen (secondary N) is 2. The molecule has 0 aliphatic heterocycles. The zero-order valence-corrected chi connectivity index (χ0v) is 25.7. The van der Waals surface area contributed by atoms with Crippen LogP contribution in [0.2, 0.25) is 5.02 Å². The molecular formula is C30H21Br2ClN2O4S. The molecule has 0 spiro atoms. The molecule has 0 unspecified atom stereocenters. The van der Waals surface area contributed by atoms with Gasteiger partial charge in [0.1, 0.15) is 11.5 Å². The molecule has 0 fully saturated rings. The molecule has 0 aliphatic carbocycles. The summed E-state index contributed by atoms with van der Waals surface area (Å²) in [5.41, 5.74) is 1.61. The second-order valence-electron chi connectivity index (χ2n) is 8.90. The molecule has 0 aromatic heterocycles. The van der Waals surface area contributed by atoms with E-state index in [1.165, 1.54) is 18.2 Å². The van der Waals surface area contributed by atoms with Crippen LogP contribution < -0.4 is 14.8 Å². The van der Waals surface area contributed by atoms with Gasteiger partial charge in [0.05, 0.1) is 21.2 Å². The van der Waals surface area contributed by atoms with Gasteiger partial charge in [-0.25, -0.2) is 8.42 Å². The van der Waals surface area contributed by atoms with Crippen molar-refractivity contribution in [3.63, 3.8) is 0 Å². The lowest BCUT2D eigenvalue weighted by molar-refractivity contribution is 0.102. The number of ether oxygens (including phenoxy) is 1. The van der Waals surface area contributed by atoms with Crippen LogP contribution in [-0.2, 0) is 10.0 Å². The van der Waals surface area contributed by atoms with E-state index < -0.39 is 15.9 Å². The highest BCUT2D eigenvalue weighted by Crippen LogP contribution is 2.37. The quantitative estimate of drug-likeness (QED) is 0.177. The van der Waals surface area contributed by atoms with Gasteiger partial charge in [0.15, 0.2) is 0 Å². The van der Waals surface area contributed by atoms with Crippen molar-refractivity contribution in [2.75, 3.05) is 10.0 Å². The number of rotatable bonds is 7. The van der Waals surface area contributed by atoms with Gasteiger partial charge in [0.25, 0.3) is 15.9 Å². The fourth-order valence-electron chi connectivity index (χ4n) is 4.02. The van der Waals surface area contributed by atoms with Gasteiger partial charge in [0, 0.05) is 20.0 Å². The second-order valence-corrected chi connectivity index (χ2v) is 12.8. The van der Waals surface area contributed by atoms with Gasteiger partial charge < -0.3 is 10.1 Å². The number of halogens is 3. The molecule has 1 amide bonds. The summed E-state index contributed by atoms with van der Waals surface area (Å²) in [4.78, 5) is 13.4. The summed E-state index contributed by atoms with van der Waals surface area (Å²) < 4.78 is 36.1. The molecule has 0 radical (unpaired) electrons. The average Bonchev–Trinajstić information content (AvgIpc) is 2.93. The zero-order valence-electron chi connectivity index (χ0n) is 20.9. The fraction of sp³-hybridized carbons (Fsp3) is 0.0333. The second kappa shape index (κ2) is 11.6. The molecule has 0 bridgehead atoms. The molecule has 202 valence electrons. The van der Waals surface area contributed by atoms with E-state index in [9.17, 15) is 13.2 Å². The van der Waals surface area contributed by atoms with Crippen LogP contribution >= 0.6 is 43.5 Å². The van der Waals surface area contributed by atoms with E-state index >= 15 is 0 Å². The third-order valence-electron chi connectivity index (χ3n) is 6.04. The van der Waals surface area contributed by atoms with Gasteiger partial charge in [-0.15, -0.1) is 0 Å². The van der Waals surface area contributed by atoms with Crippen molar-refractivity contribution in [2.45, 2.75) is 11.8 Å². The average molecular weight is 701 g/mol. The largest absolute Gasteiger partial charge is 0.455 e. The number of carbonyl (C=O) groups is 1. The zero-order chi connectivity index (χ0) is 28.4. The van der Waals surface area contributed by atoms with Gasteiger partial charge in [-0.05, 0) is 73.0 Å². The maximum absolute atomic E-state index is 13.3. The van der Waals surface area contributed by atoms with Crippen LogP contribution in [0.25, 0.3) is 10.8 Å². The normalized spacial score (nSPS) is 11.3. The van der Waals surface area contributed by atoms with Crippen molar-refractivity contribution in [1.82, 2.24) is 0 Å². The van der Waals surface area contributed by atoms with E-state index in [2.05, 4.69) is 41.9 Å². The minimum atomic E-state index is -3.92. The molecule has 0 saturated heterocycles. The first-order chi connectivity index (χ1) is 19.1. The van der Waals surface area contributed by atoms with Crippen molar-refractivity contribution in [1.29, 1.82) is 0 Å². The maximum Gasteiger partial charge on any atom is 0.261 e. The predicted octanol–water partition coefficient (Wildman–Crippen LogP) is 9.17. The Morgan fingerprint density at radius 3 is 2.25 bits per heavy atom. The van der Waals surface area contributed by atoms with Crippen molar-refractivity contribution < 1.29 is 17.9 Å². The number of amides is 1. The summed E-state index contributed by atoms with van der Waals surface area (Å²) in [6.45, 7) is 1.87. The van der Waals surface area contributed by atoms with Gasteiger partial charge >= 0.3 is 0 Å². The molecule has 40 heavy (non-hydrogen) atoms. The minimum absolute atomic E-state index is 0.0910. The van der Waals surface area contributed by atoms with E-state index in [-0.39, 0.29) is 16.1 Å². The van der Waals surface area contributed by atoms with Crippen molar-refractivity contribution in [3.05, 3.63) is 122 Å². The summed E-state index contributed by atoms with van der Waals surface area (Å²) >= 11 is 13.4. The van der Waals surface area contributed by atoms with Crippen molar-refractivity contribution >= 4 is 81.5 Å². The predicted molar refractivity (Wildman–Crippen MR) is 167 cm³/mol. The van der Waals surface area contributed by atoms with E-state index in [1.54, 1.807) is 42.5 Å². The third-order valence-corrected chi connectivity index (χ3v) is 8.90. The molecule has 0 saturated carbocycles. The molecular weight excluding hydrogens is 680 g/mol. The van der Waals surface area contributed by atoms with Gasteiger partial charge in [-0.1, -0.05) is 85.4 Å². The summed E-state index contributed by atoms with van der Waals surface area (Å²) in [5.74, 6) is 0.532. The third kappa shape index (κ3) is 6.18. The highest BCUT2D eigenvalue weighted by atomic mass is 79.9. The number of fused-ring (bicyclic) bond motifs is 1. The van der Waals surface area contributed by atoms with Crippen LogP contribution in [0.4, 0.5) is 11.4 Å². The molecule has 5 aromatic rings. The van der Waals surface area contributed by atoms with E-state index in [0.717, 1.165) is 20.8 Å². The Labute approximate surface area is 253 Å². The van der Waals surface area contributed by atoms with Crippen LogP contribution in [0, 0.1) is 6.92 Å². The van der Waals surface area contributed by atoms with Crippen LogP contribution in [0.15, 0.2) is 111 Å². The first-order valence-electron chi connectivity index (χ1n) is 12.0. The first-order valence-corrected chi connectivity index (χ1v) is 15.4. The summed E-state index contributed by atoms with van der Waals surface area (Å²) in [5, 5.41) is 5.00. The van der Waals surface area contributed by atoms with Gasteiger partial charge in [-0.2, -0.15) is 0 Å². The number of sulfonamides is 1. The van der Waals surface area contributed by atoms with Gasteiger partial charge in [-0.3, -0.25) is 9.52 Å². The Hall–Kier alpha value is -3.37. The summed E-state index contributed by atoms with van der Waals surface area (Å²) in [6.07, 6.45) is 0. The smallest absolute Gasteiger partial charge is 0.261 e. The molecule has 0 atom stereocenters. The van der Waals surface area contributed by atoms with Crippen LogP contribution in [0.1, 0.15) is 15.9 Å². The maximum atomic E-state index is 13.3. The van der Waals surface area contributed by atoms with E-state index in [1.807, 2.05) is 43.3 Å². The lowest BCUT2D eigenvalue weighted by Gasteiger charge is -2.15. The highest BCUT2D eigenvalue weighted by Gasteiger charge is 2.20. The SMILES string of the molecule is Cc1ccc(S(=O)(=O)Nc2ccc(Br)cc2C(=O)Nc2ccc(Oc3ccc(Br)c4ccccc34)c(Cl)c2)cc1. The molecule has 0 heterocycles. The molecule has 5 aromatic carbocycles. The van der Waals surface area contributed by atoms with Crippen molar-refractivity contribution in [3.8, 4) is 11.5 Å². The van der Waals surface area contributed by atoms with Crippen LogP contribution in [-0.4, -0.2) is 14.3 Å². The minimum Gasteiger partial charge on any atom is -0.455 e. The molecule has 2 N–H and O–H groups in total. The number of anilines is 2. The Morgan fingerprint density at radius 2 is 1.52 bits per heavy atom. The summed E-state index contributed by atoms with van der Waals surface area (Å²) in [6, 6.07) is 27.6.